The summed E-state index contributed by atoms with van der Waals surface area (Å²) in [6, 6.07) is 35.5. The van der Waals surface area contributed by atoms with Crippen molar-refractivity contribution in [2.24, 2.45) is 0 Å². The molecule has 0 saturated heterocycles. The van der Waals surface area contributed by atoms with Crippen molar-refractivity contribution >= 4 is 15.6 Å². The van der Waals surface area contributed by atoms with E-state index in [4.69, 9.17) is 27.1 Å². The van der Waals surface area contributed by atoms with Crippen molar-refractivity contribution in [2.45, 2.75) is 33.1 Å². The predicted octanol–water partition coefficient (Wildman–Crippen LogP) is 9.75. The summed E-state index contributed by atoms with van der Waals surface area (Å²) in [6.45, 7) is 4.59. The van der Waals surface area contributed by atoms with Crippen LogP contribution >= 0.6 is 15.6 Å². The normalized spacial score (nSPS) is 11.1. The summed E-state index contributed by atoms with van der Waals surface area (Å²) in [5.74, 6) is 1.80. The molecule has 0 radical (unpaired) electrons. The van der Waals surface area contributed by atoms with Gasteiger partial charge in [0.1, 0.15) is 23.0 Å². The lowest BCUT2D eigenvalue weighted by Gasteiger charge is -2.18. The Morgan fingerprint density at radius 3 is 1.00 bits per heavy atom. The van der Waals surface area contributed by atoms with Crippen LogP contribution in [0.2, 0.25) is 0 Å². The van der Waals surface area contributed by atoms with Crippen molar-refractivity contribution in [1.82, 2.24) is 0 Å². The first-order valence-electron chi connectivity index (χ1n) is 13.4. The lowest BCUT2D eigenvalue weighted by atomic mass is 10.3. The van der Waals surface area contributed by atoms with Crippen molar-refractivity contribution < 1.29 is 36.3 Å². The fourth-order valence-electron chi connectivity index (χ4n) is 3.11. The van der Waals surface area contributed by atoms with Crippen LogP contribution in [0.4, 0.5) is 0 Å². The van der Waals surface area contributed by atoms with E-state index in [2.05, 4.69) is 0 Å². The summed E-state index contributed by atoms with van der Waals surface area (Å²) in [7, 11) is -7.37. The molecule has 8 nitrogen and oxygen atoms in total. The number of benzene rings is 4. The fourth-order valence-corrected chi connectivity index (χ4v) is 5.67. The van der Waals surface area contributed by atoms with Gasteiger partial charge in [0.2, 0.25) is 0 Å². The standard InChI is InChI=1S/C16H19O4P.C15H17O4P/c1-2-3-14-18-21(17,19-15-10-6-4-7-11-15)20-16-12-8-5-9-13-16;1-2-13-17-20(16,18-14-9-5-3-6-10-14)19-15-11-7-4-8-12-15/h4-13H,2-3,14H2,1H3;3-12H,2,13H2,1H3. The van der Waals surface area contributed by atoms with Crippen molar-refractivity contribution in [2.75, 3.05) is 13.2 Å². The van der Waals surface area contributed by atoms with E-state index in [-0.39, 0.29) is 0 Å². The highest BCUT2D eigenvalue weighted by molar-refractivity contribution is 7.49. The highest BCUT2D eigenvalue weighted by Gasteiger charge is 2.31. The SMILES string of the molecule is CCCCOP(=O)(Oc1ccccc1)Oc1ccccc1.CCCOP(=O)(Oc1ccccc1)Oc1ccccc1. The van der Waals surface area contributed by atoms with Crippen molar-refractivity contribution in [3.63, 3.8) is 0 Å². The Bertz CT molecular complexity index is 1250. The van der Waals surface area contributed by atoms with E-state index < -0.39 is 15.6 Å². The third-order valence-corrected chi connectivity index (χ3v) is 7.78. The van der Waals surface area contributed by atoms with Crippen LogP contribution in [0.15, 0.2) is 121 Å². The van der Waals surface area contributed by atoms with E-state index in [1.54, 1.807) is 97.1 Å². The zero-order chi connectivity index (χ0) is 29.2. The number of para-hydroxylation sites is 4. The highest BCUT2D eigenvalue weighted by Crippen LogP contribution is 2.50. The van der Waals surface area contributed by atoms with Crippen LogP contribution in [-0.2, 0) is 18.2 Å². The van der Waals surface area contributed by atoms with Gasteiger partial charge in [-0.1, -0.05) is 93.1 Å². The minimum absolute atomic E-state index is 0.303. The Morgan fingerprint density at radius 1 is 0.439 bits per heavy atom. The van der Waals surface area contributed by atoms with Gasteiger partial charge in [0, 0.05) is 0 Å². The molecule has 41 heavy (non-hydrogen) atoms. The average molecular weight is 599 g/mol. The van der Waals surface area contributed by atoms with E-state index in [1.807, 2.05) is 38.1 Å². The summed E-state index contributed by atoms with van der Waals surface area (Å²) >= 11 is 0. The molecule has 0 N–H and O–H groups in total. The molecule has 218 valence electrons. The van der Waals surface area contributed by atoms with Crippen LogP contribution in [-0.4, -0.2) is 13.2 Å². The van der Waals surface area contributed by atoms with E-state index >= 15 is 0 Å². The van der Waals surface area contributed by atoms with Crippen LogP contribution in [0.25, 0.3) is 0 Å². The second-order valence-corrected chi connectivity index (χ2v) is 11.6. The van der Waals surface area contributed by atoms with Crippen LogP contribution in [0, 0.1) is 0 Å². The number of phosphoric acid groups is 2. The number of phosphoric ester groups is 2. The average Bonchev–Trinajstić information content (AvgIpc) is 2.98. The summed E-state index contributed by atoms with van der Waals surface area (Å²) in [4.78, 5) is 0. The van der Waals surface area contributed by atoms with Crippen molar-refractivity contribution in [3.8, 4) is 23.0 Å². The van der Waals surface area contributed by atoms with E-state index in [9.17, 15) is 9.13 Å². The maximum Gasteiger partial charge on any atom is 0.587 e. The predicted molar refractivity (Wildman–Crippen MR) is 161 cm³/mol. The molecule has 0 aliphatic rings. The molecule has 0 amide bonds. The Balaban J connectivity index is 0.000000226. The third-order valence-electron chi connectivity index (χ3n) is 5.04. The summed E-state index contributed by atoms with van der Waals surface area (Å²) in [5, 5.41) is 0. The van der Waals surface area contributed by atoms with Gasteiger partial charge in [-0.3, -0.25) is 9.05 Å². The molecule has 0 aliphatic carbocycles. The summed E-state index contributed by atoms with van der Waals surface area (Å²) in [5.41, 5.74) is 0. The lowest BCUT2D eigenvalue weighted by molar-refractivity contribution is 0.206. The number of rotatable bonds is 15. The van der Waals surface area contributed by atoms with Gasteiger partial charge >= 0.3 is 15.6 Å². The first-order chi connectivity index (χ1) is 19.9. The fraction of sp³-hybridized carbons (Fsp3) is 0.226. The molecular weight excluding hydrogens is 562 g/mol. The Kier molecular flexibility index (Phi) is 13.5. The molecule has 0 saturated carbocycles. The second kappa shape index (κ2) is 17.3. The lowest BCUT2D eigenvalue weighted by Crippen LogP contribution is -2.06. The molecule has 0 atom stereocenters. The number of hydrogen-bond donors (Lipinski definition) is 0. The molecule has 0 heterocycles. The maximum atomic E-state index is 12.8. The van der Waals surface area contributed by atoms with Crippen molar-refractivity contribution in [1.29, 1.82) is 0 Å². The van der Waals surface area contributed by atoms with Crippen LogP contribution in [0.1, 0.15) is 33.1 Å². The number of hydrogen-bond acceptors (Lipinski definition) is 8. The number of unbranched alkanes of at least 4 members (excludes halogenated alkanes) is 1. The van der Waals surface area contributed by atoms with Gasteiger partial charge in [0.25, 0.3) is 0 Å². The topological polar surface area (TPSA) is 89.5 Å². The van der Waals surface area contributed by atoms with Gasteiger partial charge in [-0.2, -0.15) is 0 Å². The second-order valence-electron chi connectivity index (χ2n) is 8.53. The Morgan fingerprint density at radius 2 is 0.732 bits per heavy atom. The van der Waals surface area contributed by atoms with E-state index in [0.717, 1.165) is 19.3 Å². The first-order valence-corrected chi connectivity index (χ1v) is 16.3. The van der Waals surface area contributed by atoms with Gasteiger partial charge in [0.15, 0.2) is 0 Å². The van der Waals surface area contributed by atoms with Crippen LogP contribution < -0.4 is 18.1 Å². The molecule has 0 spiro atoms. The minimum Gasteiger partial charge on any atom is -0.395 e. The molecular formula is C31H36O8P2. The van der Waals surface area contributed by atoms with Crippen molar-refractivity contribution in [3.05, 3.63) is 121 Å². The molecule has 4 rings (SSSR count). The Labute approximate surface area is 242 Å². The maximum absolute atomic E-state index is 12.8. The van der Waals surface area contributed by atoms with Gasteiger partial charge in [-0.25, -0.2) is 9.13 Å². The zero-order valence-corrected chi connectivity index (χ0v) is 25.0. The molecule has 0 aromatic heterocycles. The Hall–Kier alpha value is -3.54. The smallest absolute Gasteiger partial charge is 0.395 e. The zero-order valence-electron chi connectivity index (χ0n) is 23.2. The molecule has 0 bridgehead atoms. The van der Waals surface area contributed by atoms with Gasteiger partial charge < -0.3 is 18.1 Å². The van der Waals surface area contributed by atoms with Gasteiger partial charge in [0.05, 0.1) is 13.2 Å². The molecule has 0 aliphatic heterocycles. The molecule has 0 unspecified atom stereocenters. The summed E-state index contributed by atoms with van der Waals surface area (Å²) < 4.78 is 57.9. The highest BCUT2D eigenvalue weighted by atomic mass is 31.2. The van der Waals surface area contributed by atoms with Gasteiger partial charge in [-0.05, 0) is 61.4 Å². The quantitative estimate of drug-likeness (QED) is 0.0987. The molecule has 4 aromatic carbocycles. The minimum atomic E-state index is -3.69. The first kappa shape index (κ1) is 32.0. The largest absolute Gasteiger partial charge is 0.587 e. The molecule has 10 heteroatoms. The van der Waals surface area contributed by atoms with Crippen LogP contribution in [0.5, 0.6) is 23.0 Å². The van der Waals surface area contributed by atoms with Crippen LogP contribution in [0.3, 0.4) is 0 Å². The molecule has 4 aromatic rings. The third kappa shape index (κ3) is 12.2. The van der Waals surface area contributed by atoms with Gasteiger partial charge in [-0.15, -0.1) is 0 Å². The summed E-state index contributed by atoms with van der Waals surface area (Å²) in [6.07, 6.45) is 2.46. The molecule has 0 fully saturated rings. The van der Waals surface area contributed by atoms with E-state index in [0.29, 0.717) is 36.2 Å². The monoisotopic (exact) mass is 598 g/mol. The van der Waals surface area contributed by atoms with E-state index in [1.165, 1.54) is 0 Å².